The number of hydrogen-bond acceptors (Lipinski definition) is 8. The predicted octanol–water partition coefficient (Wildman–Crippen LogP) is 4.00. The number of carbonyl (C=O) groups is 1. The van der Waals surface area contributed by atoms with E-state index in [1.54, 1.807) is 23.5 Å². The van der Waals surface area contributed by atoms with E-state index < -0.39 is 0 Å². The minimum absolute atomic E-state index is 0.201. The van der Waals surface area contributed by atoms with Gasteiger partial charge in [0.2, 0.25) is 0 Å². The number of aromatic nitrogens is 2. The Labute approximate surface area is 164 Å². The lowest BCUT2D eigenvalue weighted by Gasteiger charge is -2.33. The highest BCUT2D eigenvalue weighted by Crippen LogP contribution is 2.42. The molecule has 1 unspecified atom stereocenters. The van der Waals surface area contributed by atoms with Crippen LogP contribution in [0.25, 0.3) is 10.2 Å². The molecular formula is C18H20N4O3S2. The van der Waals surface area contributed by atoms with Crippen molar-refractivity contribution in [2.45, 2.75) is 44.1 Å². The van der Waals surface area contributed by atoms with Crippen LogP contribution in [0.1, 0.15) is 41.3 Å². The minimum Gasteiger partial charge on any atom is -0.459 e. The molecule has 4 heterocycles. The van der Waals surface area contributed by atoms with E-state index in [9.17, 15) is 4.79 Å². The lowest BCUT2D eigenvalue weighted by molar-refractivity contribution is -0.0542. The molecule has 2 N–H and O–H groups in total. The number of carbonyl (C=O) groups excluding carboxylic acids is 1. The molecule has 27 heavy (non-hydrogen) atoms. The summed E-state index contributed by atoms with van der Waals surface area (Å²) in [7, 11) is 0. The molecule has 0 bridgehead atoms. The first kappa shape index (κ1) is 18.3. The molecule has 9 heteroatoms. The Bertz CT molecular complexity index is 986. The van der Waals surface area contributed by atoms with Crippen molar-refractivity contribution in [3.8, 4) is 0 Å². The summed E-state index contributed by atoms with van der Waals surface area (Å²) in [4.78, 5) is 23.5. The third kappa shape index (κ3) is 3.42. The normalized spacial score (nSPS) is 19.1. The second-order valence-electron chi connectivity index (χ2n) is 6.57. The molecule has 1 amide bonds. The summed E-state index contributed by atoms with van der Waals surface area (Å²) >= 11 is 3.09. The van der Waals surface area contributed by atoms with Crippen LogP contribution in [0.4, 0.5) is 5.82 Å². The Balaban J connectivity index is 1.72. The average molecular weight is 405 g/mol. The van der Waals surface area contributed by atoms with Crippen molar-refractivity contribution >= 4 is 45.0 Å². The number of nitrogens with zero attached hydrogens (tertiary/aromatic N) is 2. The van der Waals surface area contributed by atoms with Gasteiger partial charge in [0.25, 0.3) is 0 Å². The van der Waals surface area contributed by atoms with E-state index >= 15 is 0 Å². The summed E-state index contributed by atoms with van der Waals surface area (Å²) in [6.07, 6.45) is 5.11. The number of furan rings is 1. The second-order valence-corrected chi connectivity index (χ2v) is 8.43. The van der Waals surface area contributed by atoms with Crippen LogP contribution in [0.2, 0.25) is 0 Å². The van der Waals surface area contributed by atoms with E-state index in [1.807, 2.05) is 6.26 Å². The summed E-state index contributed by atoms with van der Waals surface area (Å²) in [5.41, 5.74) is 6.64. The fraction of sp³-hybridized carbons (Fsp3) is 0.389. The molecule has 4 rings (SSSR count). The van der Waals surface area contributed by atoms with Gasteiger partial charge in [0, 0.05) is 11.3 Å². The van der Waals surface area contributed by atoms with Gasteiger partial charge in [-0.15, -0.1) is 11.3 Å². The fourth-order valence-corrected chi connectivity index (χ4v) is 4.57. The molecule has 0 saturated carbocycles. The molecule has 0 aliphatic carbocycles. The van der Waals surface area contributed by atoms with Crippen molar-refractivity contribution in [2.75, 3.05) is 11.7 Å². The fourth-order valence-electron chi connectivity index (χ4n) is 3.05. The van der Waals surface area contributed by atoms with Gasteiger partial charge in [-0.2, -0.15) is 0 Å². The van der Waals surface area contributed by atoms with Gasteiger partial charge < -0.3 is 9.15 Å². The van der Waals surface area contributed by atoms with Crippen LogP contribution in [0.15, 0.2) is 28.0 Å². The number of nitrogens with one attached hydrogen (secondary N) is 2. The number of hydrogen-bond donors (Lipinski definition) is 2. The molecule has 1 aliphatic rings. The van der Waals surface area contributed by atoms with Crippen LogP contribution in [0, 0.1) is 0 Å². The first-order chi connectivity index (χ1) is 13.0. The van der Waals surface area contributed by atoms with E-state index in [2.05, 4.69) is 34.7 Å². The third-order valence-electron chi connectivity index (χ3n) is 4.79. The average Bonchev–Trinajstić information content (AvgIpc) is 3.33. The second kappa shape index (κ2) is 7.14. The lowest BCUT2D eigenvalue weighted by atomic mass is 9.90. The number of thioether (sulfide) groups is 1. The van der Waals surface area contributed by atoms with Gasteiger partial charge in [0.1, 0.15) is 4.83 Å². The molecule has 7 nitrogen and oxygen atoms in total. The maximum atomic E-state index is 12.2. The van der Waals surface area contributed by atoms with Crippen LogP contribution < -0.4 is 10.9 Å². The molecule has 0 aromatic carbocycles. The van der Waals surface area contributed by atoms with Gasteiger partial charge in [0.05, 0.1) is 23.9 Å². The molecule has 3 aromatic heterocycles. The smallest absolute Gasteiger partial charge is 0.305 e. The third-order valence-corrected chi connectivity index (χ3v) is 6.43. The predicted molar refractivity (Wildman–Crippen MR) is 106 cm³/mol. The lowest BCUT2D eigenvalue weighted by Crippen LogP contribution is -2.34. The maximum Gasteiger partial charge on any atom is 0.305 e. The highest BCUT2D eigenvalue weighted by atomic mass is 32.2. The molecular weight excluding hydrogens is 384 g/mol. The number of amides is 1. The first-order valence-corrected chi connectivity index (χ1v) is 10.7. The zero-order chi connectivity index (χ0) is 19.0. The Hall–Kier alpha value is -2.10. The van der Waals surface area contributed by atoms with Gasteiger partial charge in [-0.05, 0) is 37.3 Å². The zero-order valence-corrected chi connectivity index (χ0v) is 16.9. The monoisotopic (exact) mass is 404 g/mol. The van der Waals surface area contributed by atoms with Gasteiger partial charge in [-0.3, -0.25) is 15.6 Å². The molecule has 0 saturated heterocycles. The van der Waals surface area contributed by atoms with Crippen LogP contribution in [-0.4, -0.2) is 27.7 Å². The van der Waals surface area contributed by atoms with E-state index in [-0.39, 0.29) is 17.3 Å². The Morgan fingerprint density at radius 1 is 1.44 bits per heavy atom. The quantitative estimate of drug-likeness (QED) is 0.377. The largest absolute Gasteiger partial charge is 0.459 e. The van der Waals surface area contributed by atoms with Gasteiger partial charge in [0.15, 0.2) is 16.7 Å². The molecule has 1 aliphatic heterocycles. The number of hydrazine groups is 1. The topological polar surface area (TPSA) is 89.3 Å². The van der Waals surface area contributed by atoms with E-state index in [4.69, 9.17) is 9.15 Å². The number of anilines is 1. The zero-order valence-electron chi connectivity index (χ0n) is 15.3. The van der Waals surface area contributed by atoms with E-state index in [0.717, 1.165) is 23.1 Å². The Morgan fingerprint density at radius 2 is 2.30 bits per heavy atom. The van der Waals surface area contributed by atoms with Crippen molar-refractivity contribution in [1.29, 1.82) is 0 Å². The van der Waals surface area contributed by atoms with Crippen LogP contribution in [0.5, 0.6) is 0 Å². The molecule has 1 atom stereocenters. The molecule has 0 spiro atoms. The molecule has 3 aromatic rings. The maximum absolute atomic E-state index is 12.2. The van der Waals surface area contributed by atoms with Crippen molar-refractivity contribution in [2.24, 2.45) is 0 Å². The SMILES string of the molecule is CCC1(C)Cc2c(sc3nc(SC)nc(NNC(=O)c4ccco4)c23)CO1. The molecule has 142 valence electrons. The van der Waals surface area contributed by atoms with Crippen molar-refractivity contribution in [1.82, 2.24) is 15.4 Å². The van der Waals surface area contributed by atoms with Gasteiger partial charge >= 0.3 is 5.91 Å². The minimum atomic E-state index is -0.358. The Kier molecular flexibility index (Phi) is 4.83. The molecule has 0 radical (unpaired) electrons. The summed E-state index contributed by atoms with van der Waals surface area (Å²) in [5.74, 6) is 0.475. The summed E-state index contributed by atoms with van der Waals surface area (Å²) in [6, 6.07) is 3.28. The highest BCUT2D eigenvalue weighted by molar-refractivity contribution is 7.98. The summed E-state index contributed by atoms with van der Waals surface area (Å²) in [5, 5.41) is 1.60. The number of ether oxygens (including phenoxy) is 1. The Morgan fingerprint density at radius 3 is 3.00 bits per heavy atom. The van der Waals surface area contributed by atoms with Gasteiger partial charge in [-0.1, -0.05) is 18.7 Å². The number of fused-ring (bicyclic) bond motifs is 3. The summed E-state index contributed by atoms with van der Waals surface area (Å²) < 4.78 is 11.2. The highest BCUT2D eigenvalue weighted by Gasteiger charge is 2.33. The number of thiophene rings is 1. The van der Waals surface area contributed by atoms with Gasteiger partial charge in [-0.25, -0.2) is 9.97 Å². The van der Waals surface area contributed by atoms with Crippen LogP contribution >= 0.6 is 23.1 Å². The van der Waals surface area contributed by atoms with Crippen LogP contribution in [-0.2, 0) is 17.8 Å². The first-order valence-electron chi connectivity index (χ1n) is 8.63. The van der Waals surface area contributed by atoms with Crippen molar-refractivity contribution in [3.05, 3.63) is 34.6 Å². The van der Waals surface area contributed by atoms with Crippen molar-refractivity contribution in [3.63, 3.8) is 0 Å². The van der Waals surface area contributed by atoms with E-state index in [1.165, 1.54) is 28.5 Å². The standard InChI is InChI=1S/C18H20N4O3S2/c1-4-18(2)8-10-12(9-25-18)27-16-13(10)14(19-17(20-16)26-3)21-22-15(23)11-6-5-7-24-11/h5-7H,4,8-9H2,1-3H3,(H,22,23)(H,19,20,21). The number of rotatable bonds is 5. The summed E-state index contributed by atoms with van der Waals surface area (Å²) in [6.45, 7) is 4.83. The van der Waals surface area contributed by atoms with Crippen molar-refractivity contribution < 1.29 is 13.9 Å². The van der Waals surface area contributed by atoms with E-state index in [0.29, 0.717) is 17.6 Å². The van der Waals surface area contributed by atoms with Crippen LogP contribution in [0.3, 0.4) is 0 Å². The molecule has 0 fully saturated rings.